The lowest BCUT2D eigenvalue weighted by atomic mass is 9.97. The fourth-order valence-corrected chi connectivity index (χ4v) is 3.13. The van der Waals surface area contributed by atoms with Gasteiger partial charge in [-0.25, -0.2) is 13.8 Å². The molecule has 0 aliphatic carbocycles. The zero-order valence-corrected chi connectivity index (χ0v) is 13.0. The summed E-state index contributed by atoms with van der Waals surface area (Å²) in [4.78, 5) is 10.4. The summed E-state index contributed by atoms with van der Waals surface area (Å²) in [7, 11) is 0. The highest BCUT2D eigenvalue weighted by molar-refractivity contribution is 5.62. The monoisotopic (exact) mass is 333 g/mol. The number of aromatic nitrogens is 4. The number of rotatable bonds is 4. The first kappa shape index (κ1) is 15.2. The van der Waals surface area contributed by atoms with Gasteiger partial charge in [0.15, 0.2) is 0 Å². The quantitative estimate of drug-likeness (QED) is 0.735. The molecule has 8 heteroatoms. The minimum absolute atomic E-state index is 0.138. The van der Waals surface area contributed by atoms with E-state index in [9.17, 15) is 8.78 Å². The van der Waals surface area contributed by atoms with Gasteiger partial charge in [0.25, 0.3) is 6.43 Å². The summed E-state index contributed by atoms with van der Waals surface area (Å²) in [5, 5.41) is 4.07. The molecule has 0 N–H and O–H groups in total. The number of hydrogen-bond acceptors (Lipinski definition) is 5. The van der Waals surface area contributed by atoms with Gasteiger partial charge < -0.3 is 8.92 Å². The summed E-state index contributed by atoms with van der Waals surface area (Å²) >= 11 is 0. The Hall–Kier alpha value is -2.35. The first-order chi connectivity index (χ1) is 11.7. The molecule has 0 bridgehead atoms. The van der Waals surface area contributed by atoms with Gasteiger partial charge >= 0.3 is 0 Å². The average Bonchev–Trinajstić information content (AvgIpc) is 3.23. The fourth-order valence-electron chi connectivity index (χ4n) is 3.13. The number of halogens is 2. The zero-order chi connectivity index (χ0) is 16.5. The highest BCUT2D eigenvalue weighted by Gasteiger charge is 2.26. The summed E-state index contributed by atoms with van der Waals surface area (Å²) in [6.45, 7) is 1.11. The predicted octanol–water partition coefficient (Wildman–Crippen LogP) is 2.83. The van der Waals surface area contributed by atoms with E-state index in [1.54, 1.807) is 17.4 Å². The first-order valence-corrected chi connectivity index (χ1v) is 7.95. The topological polar surface area (TPSA) is 59.5 Å². The summed E-state index contributed by atoms with van der Waals surface area (Å²) < 4.78 is 32.2. The minimum Gasteiger partial charge on any atom is -0.339 e. The Labute approximate surface area is 137 Å². The standard InChI is InChI=1S/C16H17F2N5O/c17-14(18)9-22-4-1-11(2-5-22)16-20-15(21-24-16)12-3-6-23-10-19-8-13(23)7-12/h3,6-8,10-11,14H,1-2,4-5,9H2. The van der Waals surface area contributed by atoms with Gasteiger partial charge in [0, 0.05) is 17.7 Å². The number of fused-ring (bicyclic) bond motifs is 1. The van der Waals surface area contributed by atoms with Gasteiger partial charge in [0.05, 0.1) is 24.6 Å². The molecule has 0 spiro atoms. The molecule has 3 aromatic rings. The second-order valence-electron chi connectivity index (χ2n) is 6.06. The molecule has 4 heterocycles. The number of alkyl halides is 2. The normalized spacial score (nSPS) is 17.1. The summed E-state index contributed by atoms with van der Waals surface area (Å²) in [5.41, 5.74) is 1.83. The molecular formula is C16H17F2N5O. The van der Waals surface area contributed by atoms with E-state index in [0.29, 0.717) is 24.8 Å². The zero-order valence-electron chi connectivity index (χ0n) is 13.0. The molecule has 0 unspecified atom stereocenters. The van der Waals surface area contributed by atoms with Crippen molar-refractivity contribution in [2.24, 2.45) is 0 Å². The molecule has 4 rings (SSSR count). The van der Waals surface area contributed by atoms with E-state index in [-0.39, 0.29) is 12.5 Å². The Bertz CT molecular complexity index is 823. The van der Waals surface area contributed by atoms with E-state index < -0.39 is 6.43 Å². The van der Waals surface area contributed by atoms with Crippen LogP contribution < -0.4 is 0 Å². The molecule has 0 saturated carbocycles. The van der Waals surface area contributed by atoms with Gasteiger partial charge in [-0.05, 0) is 38.1 Å². The second-order valence-corrected chi connectivity index (χ2v) is 6.06. The molecule has 0 amide bonds. The van der Waals surface area contributed by atoms with Crippen molar-refractivity contribution in [3.8, 4) is 11.4 Å². The number of hydrogen-bond donors (Lipinski definition) is 0. The molecule has 1 aliphatic rings. The molecule has 3 aromatic heterocycles. The summed E-state index contributed by atoms with van der Waals surface area (Å²) in [6, 6.07) is 3.86. The molecule has 0 aromatic carbocycles. The maximum Gasteiger partial charge on any atom is 0.251 e. The van der Waals surface area contributed by atoms with Crippen LogP contribution in [0.5, 0.6) is 0 Å². The van der Waals surface area contributed by atoms with Crippen molar-refractivity contribution in [1.82, 2.24) is 24.4 Å². The largest absolute Gasteiger partial charge is 0.339 e. The Balaban J connectivity index is 1.47. The number of pyridine rings is 1. The second kappa shape index (κ2) is 6.27. The third-order valence-electron chi connectivity index (χ3n) is 4.45. The van der Waals surface area contributed by atoms with Crippen molar-refractivity contribution in [1.29, 1.82) is 0 Å². The molecule has 126 valence electrons. The lowest BCUT2D eigenvalue weighted by molar-refractivity contribution is 0.0731. The maximum atomic E-state index is 12.4. The highest BCUT2D eigenvalue weighted by Crippen LogP contribution is 2.29. The number of nitrogens with zero attached hydrogens (tertiary/aromatic N) is 5. The van der Waals surface area contributed by atoms with Gasteiger partial charge in [-0.3, -0.25) is 4.90 Å². The van der Waals surface area contributed by atoms with Crippen molar-refractivity contribution in [2.45, 2.75) is 25.2 Å². The van der Waals surface area contributed by atoms with Crippen molar-refractivity contribution < 1.29 is 13.3 Å². The van der Waals surface area contributed by atoms with E-state index >= 15 is 0 Å². The van der Waals surface area contributed by atoms with Crippen LogP contribution in [0.15, 0.2) is 35.4 Å². The highest BCUT2D eigenvalue weighted by atomic mass is 19.3. The molecule has 1 fully saturated rings. The first-order valence-electron chi connectivity index (χ1n) is 7.95. The molecule has 1 saturated heterocycles. The lowest BCUT2D eigenvalue weighted by Crippen LogP contribution is -2.36. The van der Waals surface area contributed by atoms with E-state index in [1.165, 1.54) is 0 Å². The smallest absolute Gasteiger partial charge is 0.251 e. The van der Waals surface area contributed by atoms with Crippen LogP contribution in [0.1, 0.15) is 24.7 Å². The van der Waals surface area contributed by atoms with Crippen LogP contribution in [-0.4, -0.2) is 50.5 Å². The van der Waals surface area contributed by atoms with Crippen molar-refractivity contribution >= 4 is 5.52 Å². The van der Waals surface area contributed by atoms with Gasteiger partial charge in [0.1, 0.15) is 0 Å². The SMILES string of the molecule is FC(F)CN1CCC(c2nc(-c3ccn4cncc4c3)no2)CC1. The van der Waals surface area contributed by atoms with Crippen molar-refractivity contribution in [3.05, 3.63) is 36.7 Å². The summed E-state index contributed by atoms with van der Waals surface area (Å²) in [5.74, 6) is 1.28. The molecule has 0 radical (unpaired) electrons. The van der Waals surface area contributed by atoms with Gasteiger partial charge in [0.2, 0.25) is 11.7 Å². The fraction of sp³-hybridized carbons (Fsp3) is 0.438. The van der Waals surface area contributed by atoms with Gasteiger partial charge in [-0.15, -0.1) is 0 Å². The average molecular weight is 333 g/mol. The number of imidazole rings is 1. The Morgan fingerprint density at radius 2 is 2.12 bits per heavy atom. The van der Waals surface area contributed by atoms with Crippen LogP contribution in [0.2, 0.25) is 0 Å². The Morgan fingerprint density at radius 3 is 2.92 bits per heavy atom. The van der Waals surface area contributed by atoms with Crippen molar-refractivity contribution in [2.75, 3.05) is 19.6 Å². The number of piperidine rings is 1. The van der Waals surface area contributed by atoms with Crippen LogP contribution in [-0.2, 0) is 0 Å². The molecule has 0 atom stereocenters. The molecular weight excluding hydrogens is 316 g/mol. The molecule has 6 nitrogen and oxygen atoms in total. The van der Waals surface area contributed by atoms with E-state index in [1.807, 2.05) is 22.7 Å². The third-order valence-corrected chi connectivity index (χ3v) is 4.45. The van der Waals surface area contributed by atoms with Crippen LogP contribution in [0.25, 0.3) is 16.9 Å². The van der Waals surface area contributed by atoms with E-state index in [0.717, 1.165) is 23.9 Å². The van der Waals surface area contributed by atoms with Gasteiger partial charge in [-0.2, -0.15) is 4.98 Å². The summed E-state index contributed by atoms with van der Waals surface area (Å²) in [6.07, 6.45) is 4.63. The molecule has 1 aliphatic heterocycles. The van der Waals surface area contributed by atoms with Crippen LogP contribution in [0.4, 0.5) is 8.78 Å². The maximum absolute atomic E-state index is 12.4. The van der Waals surface area contributed by atoms with Gasteiger partial charge in [-0.1, -0.05) is 5.16 Å². The van der Waals surface area contributed by atoms with Crippen LogP contribution in [0.3, 0.4) is 0 Å². The minimum atomic E-state index is -2.28. The third kappa shape index (κ3) is 3.01. The molecule has 24 heavy (non-hydrogen) atoms. The lowest BCUT2D eigenvalue weighted by Gasteiger charge is -2.29. The number of likely N-dealkylation sites (tertiary alicyclic amines) is 1. The van der Waals surface area contributed by atoms with E-state index in [4.69, 9.17) is 4.52 Å². The van der Waals surface area contributed by atoms with E-state index in [2.05, 4.69) is 15.1 Å². The van der Waals surface area contributed by atoms with Crippen LogP contribution >= 0.6 is 0 Å². The van der Waals surface area contributed by atoms with Crippen molar-refractivity contribution in [3.63, 3.8) is 0 Å². The Morgan fingerprint density at radius 1 is 1.29 bits per heavy atom. The predicted molar refractivity (Wildman–Crippen MR) is 82.9 cm³/mol. The van der Waals surface area contributed by atoms with Crippen LogP contribution in [0, 0.1) is 0 Å². The Kier molecular flexibility index (Phi) is 3.97.